The van der Waals surface area contributed by atoms with E-state index in [-0.39, 0.29) is 45.9 Å². The van der Waals surface area contributed by atoms with Crippen LogP contribution in [0, 0.1) is 18.8 Å². The molecule has 2 rings (SSSR count). The van der Waals surface area contributed by atoms with Crippen LogP contribution in [0.2, 0.25) is 0 Å². The van der Waals surface area contributed by atoms with E-state index >= 15 is 0 Å². The van der Waals surface area contributed by atoms with Gasteiger partial charge >= 0.3 is 23.1 Å². The maximum absolute atomic E-state index is 12.9. The van der Waals surface area contributed by atoms with E-state index in [1.54, 1.807) is 12.1 Å². The van der Waals surface area contributed by atoms with Crippen LogP contribution in [0.25, 0.3) is 11.1 Å². The topological polar surface area (TPSA) is 0 Å². The van der Waals surface area contributed by atoms with Gasteiger partial charge in [0, 0.05) is 0 Å². The normalized spacial score (nSPS) is 8.88. The van der Waals surface area contributed by atoms with Gasteiger partial charge in [-0.15, -0.1) is 5.56 Å². The smallest absolute Gasteiger partial charge is 1.00 e. The first-order valence-electron chi connectivity index (χ1n) is 4.50. The Morgan fingerprint density at radius 3 is 2.50 bits per heavy atom. The van der Waals surface area contributed by atoms with Crippen molar-refractivity contribution in [3.63, 3.8) is 0 Å². The minimum atomic E-state index is -0.189. The zero-order valence-electron chi connectivity index (χ0n) is 9.00. The zero-order chi connectivity index (χ0) is 9.97. The standard InChI is InChI=1S/C13H10F.BrH.Mg/c1-10-9-12(14)7-8-13(10)11-5-3-2-4-6-11;;/h2-3,5-9H,1H3;1H;/q-1;;+2/p-1. The molecule has 2 aromatic carbocycles. The number of hydrogen-bond acceptors (Lipinski definition) is 0. The summed E-state index contributed by atoms with van der Waals surface area (Å²) in [6.45, 7) is 1.91. The molecule has 0 aliphatic rings. The molecule has 78 valence electrons. The van der Waals surface area contributed by atoms with Crippen LogP contribution in [0.3, 0.4) is 0 Å². The summed E-state index contributed by atoms with van der Waals surface area (Å²) in [7, 11) is 0. The molecule has 0 saturated carbocycles. The Labute approximate surface area is 122 Å². The molecule has 0 saturated heterocycles. The van der Waals surface area contributed by atoms with E-state index in [4.69, 9.17) is 0 Å². The van der Waals surface area contributed by atoms with Crippen LogP contribution in [0.15, 0.2) is 42.5 Å². The summed E-state index contributed by atoms with van der Waals surface area (Å²) in [5.41, 5.74) is 3.08. The van der Waals surface area contributed by atoms with Gasteiger partial charge in [-0.1, -0.05) is 17.2 Å². The minimum Gasteiger partial charge on any atom is -1.00 e. The zero-order valence-corrected chi connectivity index (χ0v) is 12.0. The van der Waals surface area contributed by atoms with Crippen molar-refractivity contribution in [3.8, 4) is 11.1 Å². The Bertz CT molecular complexity index is 443. The van der Waals surface area contributed by atoms with Crippen LogP contribution < -0.4 is 17.0 Å². The van der Waals surface area contributed by atoms with Crippen molar-refractivity contribution in [3.05, 3.63) is 59.9 Å². The monoisotopic (exact) mass is 288 g/mol. The summed E-state index contributed by atoms with van der Waals surface area (Å²) in [5, 5.41) is 0. The third-order valence-corrected chi connectivity index (χ3v) is 2.21. The predicted octanol–water partition coefficient (Wildman–Crippen LogP) is 0.225. The third-order valence-electron chi connectivity index (χ3n) is 2.21. The average molecular weight is 289 g/mol. The van der Waals surface area contributed by atoms with Gasteiger partial charge in [-0.3, -0.25) is 0 Å². The van der Waals surface area contributed by atoms with Gasteiger partial charge < -0.3 is 17.0 Å². The van der Waals surface area contributed by atoms with Gasteiger partial charge in [0.15, 0.2) is 0 Å². The van der Waals surface area contributed by atoms with Crippen LogP contribution in [0.5, 0.6) is 0 Å². The first-order chi connectivity index (χ1) is 6.77. The van der Waals surface area contributed by atoms with E-state index in [9.17, 15) is 4.39 Å². The van der Waals surface area contributed by atoms with Gasteiger partial charge in [-0.05, 0) is 19.1 Å². The second-order valence-corrected chi connectivity index (χ2v) is 3.25. The molecule has 0 amide bonds. The van der Waals surface area contributed by atoms with Crippen molar-refractivity contribution in [2.24, 2.45) is 0 Å². The largest absolute Gasteiger partial charge is 2.00 e. The first kappa shape index (κ1) is 15.6. The molecular weight excluding hydrogens is 279 g/mol. The van der Waals surface area contributed by atoms with E-state index < -0.39 is 0 Å². The molecule has 0 aliphatic heterocycles. The van der Waals surface area contributed by atoms with Crippen molar-refractivity contribution < 1.29 is 21.4 Å². The Morgan fingerprint density at radius 1 is 1.19 bits per heavy atom. The fraction of sp³-hybridized carbons (Fsp3) is 0.0769. The van der Waals surface area contributed by atoms with Crippen LogP contribution in [-0.2, 0) is 0 Å². The Kier molecular flexibility index (Phi) is 6.87. The molecule has 0 radical (unpaired) electrons. The number of halogens is 2. The van der Waals surface area contributed by atoms with E-state index in [1.165, 1.54) is 6.07 Å². The fourth-order valence-corrected chi connectivity index (χ4v) is 1.51. The summed E-state index contributed by atoms with van der Waals surface area (Å²) in [5.74, 6) is -0.189. The Morgan fingerprint density at radius 2 is 1.94 bits per heavy atom. The predicted molar refractivity (Wildman–Crippen MR) is 61.2 cm³/mol. The molecule has 0 fully saturated rings. The fourth-order valence-electron chi connectivity index (χ4n) is 1.51. The molecule has 0 unspecified atom stereocenters. The third kappa shape index (κ3) is 3.58. The Balaban J connectivity index is 0.00000112. The van der Waals surface area contributed by atoms with Crippen molar-refractivity contribution in [2.75, 3.05) is 0 Å². The molecule has 3 heteroatoms. The molecule has 0 bridgehead atoms. The summed E-state index contributed by atoms with van der Waals surface area (Å²) in [6, 6.07) is 15.5. The second kappa shape index (κ2) is 7.04. The molecule has 0 spiro atoms. The van der Waals surface area contributed by atoms with Gasteiger partial charge in [0.05, 0.1) is 0 Å². The number of hydrogen-bond donors (Lipinski definition) is 0. The van der Waals surface area contributed by atoms with Gasteiger partial charge in [0.25, 0.3) is 0 Å². The van der Waals surface area contributed by atoms with Gasteiger partial charge in [0.1, 0.15) is 5.82 Å². The van der Waals surface area contributed by atoms with Crippen molar-refractivity contribution >= 4 is 23.1 Å². The van der Waals surface area contributed by atoms with Crippen LogP contribution in [0.4, 0.5) is 4.39 Å². The molecule has 0 heterocycles. The first-order valence-corrected chi connectivity index (χ1v) is 4.50. The maximum atomic E-state index is 12.9. The molecule has 16 heavy (non-hydrogen) atoms. The number of aryl methyl sites for hydroxylation is 1. The molecule has 2 aromatic rings. The quantitative estimate of drug-likeness (QED) is 0.521. The van der Waals surface area contributed by atoms with E-state index in [1.807, 2.05) is 31.2 Å². The minimum absolute atomic E-state index is 0. The maximum Gasteiger partial charge on any atom is 2.00 e. The van der Waals surface area contributed by atoms with Gasteiger partial charge in [-0.2, -0.15) is 30.3 Å². The molecular formula is C13H10BrFMg. The van der Waals surface area contributed by atoms with Crippen molar-refractivity contribution in [1.29, 1.82) is 0 Å². The summed E-state index contributed by atoms with van der Waals surface area (Å²) >= 11 is 0. The molecule has 0 N–H and O–H groups in total. The van der Waals surface area contributed by atoms with Crippen LogP contribution in [-0.4, -0.2) is 23.1 Å². The Hall–Kier alpha value is -0.384. The molecule has 0 atom stereocenters. The van der Waals surface area contributed by atoms with Crippen LogP contribution >= 0.6 is 0 Å². The number of benzene rings is 2. The van der Waals surface area contributed by atoms with Gasteiger partial charge in [0.2, 0.25) is 0 Å². The van der Waals surface area contributed by atoms with E-state index in [2.05, 4.69) is 6.07 Å². The number of rotatable bonds is 1. The average Bonchev–Trinajstić information content (AvgIpc) is 2.19. The summed E-state index contributed by atoms with van der Waals surface area (Å²) in [4.78, 5) is 0. The molecule has 0 aliphatic carbocycles. The second-order valence-electron chi connectivity index (χ2n) is 3.25. The molecule has 0 nitrogen and oxygen atoms in total. The van der Waals surface area contributed by atoms with E-state index in [0.717, 1.165) is 16.7 Å². The summed E-state index contributed by atoms with van der Waals surface area (Å²) in [6.07, 6.45) is 0. The van der Waals surface area contributed by atoms with E-state index in [0.29, 0.717) is 0 Å². The van der Waals surface area contributed by atoms with Crippen molar-refractivity contribution in [1.82, 2.24) is 0 Å². The summed E-state index contributed by atoms with van der Waals surface area (Å²) < 4.78 is 12.9. The van der Waals surface area contributed by atoms with Crippen molar-refractivity contribution in [2.45, 2.75) is 6.92 Å². The SMILES string of the molecule is Cc1cc(F)ccc1-c1c[c-]ccc1.[Br-].[Mg+2]. The van der Waals surface area contributed by atoms with Gasteiger partial charge in [-0.25, -0.2) is 4.39 Å². The van der Waals surface area contributed by atoms with Crippen LogP contribution in [0.1, 0.15) is 5.56 Å². The molecule has 0 aromatic heterocycles.